The maximum absolute atomic E-state index is 13.3. The van der Waals surface area contributed by atoms with Crippen molar-refractivity contribution >= 4 is 39.3 Å². The zero-order valence-corrected chi connectivity index (χ0v) is 19.1. The Morgan fingerprint density at radius 1 is 1.16 bits per heavy atom. The number of nitrogens with zero attached hydrogens (tertiary/aromatic N) is 1. The van der Waals surface area contributed by atoms with Crippen LogP contribution in [0.15, 0.2) is 49.9 Å². The maximum Gasteiger partial charge on any atom is 0.233 e. The Morgan fingerprint density at radius 2 is 1.94 bits per heavy atom. The molecule has 4 atom stereocenters. The van der Waals surface area contributed by atoms with Crippen molar-refractivity contribution in [2.24, 2.45) is 17.8 Å². The summed E-state index contributed by atoms with van der Waals surface area (Å²) in [6.07, 6.45) is 4.56. The summed E-state index contributed by atoms with van der Waals surface area (Å²) in [5.74, 6) is -2.08. The van der Waals surface area contributed by atoms with E-state index in [1.165, 1.54) is 11.0 Å². The van der Waals surface area contributed by atoms with E-state index in [9.17, 15) is 24.3 Å². The second-order valence-electron chi connectivity index (χ2n) is 8.68. The first-order valence-electron chi connectivity index (χ1n) is 10.8. The van der Waals surface area contributed by atoms with Gasteiger partial charge in [-0.2, -0.15) is 0 Å². The summed E-state index contributed by atoms with van der Waals surface area (Å²) < 4.78 is 6.01. The Balaban J connectivity index is 1.65. The highest BCUT2D eigenvalue weighted by Crippen LogP contribution is 2.55. The molecule has 32 heavy (non-hydrogen) atoms. The van der Waals surface area contributed by atoms with Gasteiger partial charge in [0, 0.05) is 23.8 Å². The highest BCUT2D eigenvalue weighted by molar-refractivity contribution is 9.12. The number of aliphatic hydroxyl groups excluding tert-OH is 1. The monoisotopic (exact) mass is 499 g/mol. The topological polar surface area (TPSA) is 105 Å². The van der Waals surface area contributed by atoms with Gasteiger partial charge in [0.05, 0.1) is 22.2 Å². The minimum atomic E-state index is -0.624. The number of carbonyl (C=O) groups is 4. The molecule has 0 radical (unpaired) electrons. The molecule has 0 spiro atoms. The lowest BCUT2D eigenvalue weighted by molar-refractivity contribution is -0.140. The minimum absolute atomic E-state index is 0.152. The summed E-state index contributed by atoms with van der Waals surface area (Å²) >= 11 is 3.20. The molecule has 0 aromatic carbocycles. The van der Waals surface area contributed by atoms with E-state index >= 15 is 0 Å². The first-order valence-corrected chi connectivity index (χ1v) is 11.6. The van der Waals surface area contributed by atoms with Crippen molar-refractivity contribution in [1.29, 1.82) is 0 Å². The van der Waals surface area contributed by atoms with Gasteiger partial charge in [-0.1, -0.05) is 18.6 Å². The smallest absolute Gasteiger partial charge is 0.233 e. The van der Waals surface area contributed by atoms with Crippen molar-refractivity contribution in [3.05, 3.63) is 57.0 Å². The van der Waals surface area contributed by atoms with Crippen LogP contribution in [0.3, 0.4) is 0 Å². The van der Waals surface area contributed by atoms with Crippen molar-refractivity contribution in [1.82, 2.24) is 4.90 Å². The molecule has 2 heterocycles. The molecule has 1 aromatic rings. The molecular formula is C24H22BrNO6. The van der Waals surface area contributed by atoms with E-state index < -0.39 is 17.8 Å². The SMILES string of the molecule is CCCN1C(=O)[C@H]2[C@H](CC=C3[C@H](c4ccc(CO)o4)C4=C(C[C@H]32)C(=O)C(Br)=CC4=O)C1=O. The van der Waals surface area contributed by atoms with Gasteiger partial charge in [-0.15, -0.1) is 0 Å². The standard InChI is InChI=1S/C24H22BrNO6/c1-2-7-26-23(30)13-5-4-12-14(19(13)24(26)31)8-15-20(17(28)9-16(25)22(15)29)21(12)18-6-3-11(10-27)32-18/h3-4,6,9,13-14,19,21,27H,2,5,7-8,10H2,1H3/t13-,14+,19-,21+/m0/s1. The number of halogens is 1. The van der Waals surface area contributed by atoms with Crippen LogP contribution in [0, 0.1) is 17.8 Å². The maximum atomic E-state index is 13.3. The van der Waals surface area contributed by atoms with Crippen molar-refractivity contribution < 1.29 is 28.7 Å². The van der Waals surface area contributed by atoms with Crippen molar-refractivity contribution in [3.8, 4) is 0 Å². The van der Waals surface area contributed by atoms with Crippen LogP contribution in [0.1, 0.15) is 43.6 Å². The van der Waals surface area contributed by atoms with Crippen molar-refractivity contribution in [2.75, 3.05) is 6.54 Å². The van der Waals surface area contributed by atoms with E-state index in [0.717, 1.165) is 5.57 Å². The van der Waals surface area contributed by atoms with Crippen molar-refractivity contribution in [3.63, 3.8) is 0 Å². The molecule has 4 aliphatic rings. The molecule has 3 aliphatic carbocycles. The zero-order valence-electron chi connectivity index (χ0n) is 17.5. The lowest BCUT2D eigenvalue weighted by atomic mass is 9.60. The quantitative estimate of drug-likeness (QED) is 0.387. The molecule has 7 nitrogen and oxygen atoms in total. The number of hydrogen-bond acceptors (Lipinski definition) is 6. The third-order valence-electron chi connectivity index (χ3n) is 6.99. The van der Waals surface area contributed by atoms with Crippen LogP contribution in [-0.4, -0.2) is 39.9 Å². The zero-order chi connectivity index (χ0) is 22.7. The third-order valence-corrected chi connectivity index (χ3v) is 7.58. The van der Waals surface area contributed by atoms with Gasteiger partial charge in [0.1, 0.15) is 18.1 Å². The first kappa shape index (κ1) is 21.3. The van der Waals surface area contributed by atoms with Gasteiger partial charge in [-0.25, -0.2) is 0 Å². The van der Waals surface area contributed by atoms with E-state index in [-0.39, 0.29) is 46.8 Å². The number of Topliss-reactive ketones (excluding diaryl/α,β-unsaturated/α-hetero) is 1. The fourth-order valence-corrected chi connectivity index (χ4v) is 6.12. The third kappa shape index (κ3) is 2.96. The largest absolute Gasteiger partial charge is 0.463 e. The van der Waals surface area contributed by atoms with E-state index in [4.69, 9.17) is 4.42 Å². The summed E-state index contributed by atoms with van der Waals surface area (Å²) in [5, 5.41) is 9.46. The van der Waals surface area contributed by atoms with Crippen LogP contribution < -0.4 is 0 Å². The van der Waals surface area contributed by atoms with Crippen LogP contribution >= 0.6 is 15.9 Å². The Morgan fingerprint density at radius 3 is 2.62 bits per heavy atom. The number of allylic oxidation sites excluding steroid dienone is 6. The number of amides is 2. The average Bonchev–Trinajstić information content (AvgIpc) is 3.35. The van der Waals surface area contributed by atoms with Gasteiger partial charge in [0.15, 0.2) is 11.6 Å². The second kappa shape index (κ2) is 7.78. The highest BCUT2D eigenvalue weighted by Gasteiger charge is 2.56. The Kier molecular flexibility index (Phi) is 5.17. The molecular weight excluding hydrogens is 478 g/mol. The summed E-state index contributed by atoms with van der Waals surface area (Å²) in [4.78, 5) is 53.7. The summed E-state index contributed by atoms with van der Waals surface area (Å²) in [5.41, 5.74) is 1.57. The highest BCUT2D eigenvalue weighted by atomic mass is 79.9. The molecule has 1 fully saturated rings. The van der Waals surface area contributed by atoms with Gasteiger partial charge in [-0.3, -0.25) is 24.1 Å². The lowest BCUT2D eigenvalue weighted by Crippen LogP contribution is -2.39. The number of imide groups is 1. The summed E-state index contributed by atoms with van der Waals surface area (Å²) in [7, 11) is 0. The van der Waals surface area contributed by atoms with E-state index in [2.05, 4.69) is 15.9 Å². The van der Waals surface area contributed by atoms with Gasteiger partial charge in [-0.05, 0) is 53.2 Å². The van der Waals surface area contributed by atoms with Crippen LogP contribution in [0.4, 0.5) is 0 Å². The molecule has 1 aromatic heterocycles. The van der Waals surface area contributed by atoms with Crippen LogP contribution in [0.25, 0.3) is 0 Å². The molecule has 0 saturated carbocycles. The van der Waals surface area contributed by atoms with Crippen molar-refractivity contribution in [2.45, 2.75) is 38.7 Å². The summed E-state index contributed by atoms with van der Waals surface area (Å²) in [6, 6.07) is 3.34. The van der Waals surface area contributed by atoms with Gasteiger partial charge in [0.2, 0.25) is 11.8 Å². The van der Waals surface area contributed by atoms with Gasteiger partial charge in [0.25, 0.3) is 0 Å². The minimum Gasteiger partial charge on any atom is -0.463 e. The normalized spacial score (nSPS) is 29.7. The molecule has 1 aliphatic heterocycles. The molecule has 2 amide bonds. The number of fused-ring (bicyclic) bond motifs is 3. The Bertz CT molecular complexity index is 1150. The molecule has 1 N–H and O–H groups in total. The van der Waals surface area contributed by atoms with Gasteiger partial charge < -0.3 is 9.52 Å². The van der Waals surface area contributed by atoms with Crippen LogP contribution in [0.2, 0.25) is 0 Å². The Labute approximate surface area is 193 Å². The summed E-state index contributed by atoms with van der Waals surface area (Å²) in [6.45, 7) is 2.02. The van der Waals surface area contributed by atoms with Gasteiger partial charge >= 0.3 is 0 Å². The molecule has 8 heteroatoms. The fourth-order valence-electron chi connectivity index (χ4n) is 5.68. The molecule has 1 saturated heterocycles. The predicted molar refractivity (Wildman–Crippen MR) is 116 cm³/mol. The van der Waals surface area contributed by atoms with Crippen LogP contribution in [-0.2, 0) is 25.8 Å². The van der Waals surface area contributed by atoms with Crippen LogP contribution in [0.5, 0.6) is 0 Å². The number of hydrogen-bond donors (Lipinski definition) is 1. The average molecular weight is 500 g/mol. The number of likely N-dealkylation sites (tertiary alicyclic amines) is 1. The number of carbonyl (C=O) groups excluding carboxylic acids is 4. The number of aliphatic hydroxyl groups is 1. The van der Waals surface area contributed by atoms with E-state index in [1.807, 2.05) is 13.0 Å². The number of rotatable bonds is 4. The van der Waals surface area contributed by atoms with E-state index in [1.54, 1.807) is 12.1 Å². The molecule has 5 rings (SSSR count). The number of ketones is 2. The molecule has 0 unspecified atom stereocenters. The molecule has 166 valence electrons. The lowest BCUT2D eigenvalue weighted by Gasteiger charge is -2.41. The Hall–Kier alpha value is -2.58. The van der Waals surface area contributed by atoms with E-state index in [0.29, 0.717) is 42.1 Å². The fraction of sp³-hybridized carbons (Fsp3) is 0.417. The molecule has 0 bridgehead atoms. The second-order valence-corrected chi connectivity index (χ2v) is 9.54. The predicted octanol–water partition coefficient (Wildman–Crippen LogP) is 2.94. The first-order chi connectivity index (χ1) is 15.4. The number of furan rings is 1.